The van der Waals surface area contributed by atoms with E-state index in [1.165, 1.54) is 29.1 Å². The van der Waals surface area contributed by atoms with Crippen LogP contribution >= 0.6 is 0 Å². The van der Waals surface area contributed by atoms with Gasteiger partial charge in [0.05, 0.1) is 6.61 Å². The molecule has 1 aliphatic heterocycles. The molecule has 0 aliphatic carbocycles. The normalized spacial score (nSPS) is 31.5. The van der Waals surface area contributed by atoms with Crippen molar-refractivity contribution >= 4 is 5.97 Å². The number of rotatable bonds is 3. The van der Waals surface area contributed by atoms with E-state index in [0.717, 1.165) is 0 Å². The molecule has 1 aromatic heterocycles. The van der Waals surface area contributed by atoms with Gasteiger partial charge in [-0.2, -0.15) is 4.57 Å². The second-order valence-corrected chi connectivity index (χ2v) is 4.07. The molecule has 18 heavy (non-hydrogen) atoms. The molecule has 2 rings (SSSR count). The lowest BCUT2D eigenvalue weighted by Gasteiger charge is -2.09. The number of aromatic nitrogens is 1. The summed E-state index contributed by atoms with van der Waals surface area (Å²) in [6.45, 7) is -0.423. The SMILES string of the molecule is O=C(O)c1ccc[n+]([C@@H]2O[C@H](CO)[C@@H](O)[C@H]2O)c1. The lowest BCUT2D eigenvalue weighted by molar-refractivity contribution is -0.765. The fourth-order valence-corrected chi connectivity index (χ4v) is 1.90. The third kappa shape index (κ3) is 2.21. The monoisotopic (exact) mass is 256 g/mol. The third-order valence-electron chi connectivity index (χ3n) is 2.88. The van der Waals surface area contributed by atoms with Gasteiger partial charge in [-0.15, -0.1) is 0 Å². The van der Waals surface area contributed by atoms with Crippen molar-refractivity contribution < 1.29 is 34.5 Å². The Morgan fingerprint density at radius 3 is 2.67 bits per heavy atom. The molecule has 0 radical (unpaired) electrons. The Morgan fingerprint density at radius 1 is 1.39 bits per heavy atom. The molecule has 4 N–H and O–H groups in total. The van der Waals surface area contributed by atoms with Crippen molar-refractivity contribution in [3.8, 4) is 0 Å². The average Bonchev–Trinajstić information content (AvgIpc) is 2.66. The van der Waals surface area contributed by atoms with Crippen LogP contribution in [0.25, 0.3) is 0 Å². The highest BCUT2D eigenvalue weighted by atomic mass is 16.6. The van der Waals surface area contributed by atoms with Crippen molar-refractivity contribution in [2.45, 2.75) is 24.5 Å². The van der Waals surface area contributed by atoms with Crippen LogP contribution in [-0.2, 0) is 4.74 Å². The lowest BCUT2D eigenvalue weighted by atomic mass is 10.1. The van der Waals surface area contributed by atoms with Crippen LogP contribution in [0.15, 0.2) is 24.5 Å². The van der Waals surface area contributed by atoms with Gasteiger partial charge in [0.1, 0.15) is 17.8 Å². The van der Waals surface area contributed by atoms with E-state index in [2.05, 4.69) is 0 Å². The number of pyridine rings is 1. The van der Waals surface area contributed by atoms with E-state index in [0.29, 0.717) is 0 Å². The first kappa shape index (κ1) is 12.9. The summed E-state index contributed by atoms with van der Waals surface area (Å²) in [7, 11) is 0. The van der Waals surface area contributed by atoms with Crippen LogP contribution in [0.1, 0.15) is 16.6 Å². The minimum Gasteiger partial charge on any atom is -0.477 e. The quantitative estimate of drug-likeness (QED) is 0.479. The zero-order chi connectivity index (χ0) is 13.3. The Kier molecular flexibility index (Phi) is 3.58. The number of carboxylic acids is 1. The van der Waals surface area contributed by atoms with Crippen molar-refractivity contribution in [3.05, 3.63) is 30.1 Å². The van der Waals surface area contributed by atoms with Crippen molar-refractivity contribution in [1.29, 1.82) is 0 Å². The summed E-state index contributed by atoms with van der Waals surface area (Å²) in [6, 6.07) is 2.90. The minimum absolute atomic E-state index is 0.0373. The molecule has 0 saturated carbocycles. The molecule has 0 amide bonds. The van der Waals surface area contributed by atoms with E-state index in [-0.39, 0.29) is 5.56 Å². The highest BCUT2D eigenvalue weighted by molar-refractivity contribution is 5.86. The Bertz CT molecular complexity index is 451. The van der Waals surface area contributed by atoms with E-state index >= 15 is 0 Å². The van der Waals surface area contributed by atoms with Crippen LogP contribution in [-0.4, -0.2) is 51.3 Å². The van der Waals surface area contributed by atoms with Crippen LogP contribution in [0.4, 0.5) is 0 Å². The summed E-state index contributed by atoms with van der Waals surface area (Å²) in [6.07, 6.45) is -1.42. The maximum atomic E-state index is 10.8. The fourth-order valence-electron chi connectivity index (χ4n) is 1.90. The summed E-state index contributed by atoms with van der Waals surface area (Å²) >= 11 is 0. The summed E-state index contributed by atoms with van der Waals surface area (Å²) in [4.78, 5) is 10.8. The van der Waals surface area contributed by atoms with E-state index in [1.807, 2.05) is 0 Å². The molecule has 7 heteroatoms. The molecule has 1 saturated heterocycles. The molecule has 0 unspecified atom stereocenters. The highest BCUT2D eigenvalue weighted by Crippen LogP contribution is 2.24. The lowest BCUT2D eigenvalue weighted by Crippen LogP contribution is -2.46. The van der Waals surface area contributed by atoms with Gasteiger partial charge in [0.2, 0.25) is 0 Å². The molecule has 0 spiro atoms. The maximum Gasteiger partial charge on any atom is 0.341 e. The molecule has 0 bridgehead atoms. The number of ether oxygens (including phenoxy) is 1. The van der Waals surface area contributed by atoms with Gasteiger partial charge in [-0.25, -0.2) is 4.79 Å². The molecule has 7 nitrogen and oxygen atoms in total. The van der Waals surface area contributed by atoms with Gasteiger partial charge < -0.3 is 25.2 Å². The van der Waals surface area contributed by atoms with Crippen LogP contribution in [0.5, 0.6) is 0 Å². The number of hydrogen-bond donors (Lipinski definition) is 4. The molecule has 98 valence electrons. The summed E-state index contributed by atoms with van der Waals surface area (Å²) in [5.41, 5.74) is 0.0373. The standard InChI is InChI=1S/C11H13NO6/c13-5-7-8(14)9(15)10(18-7)12-3-1-2-6(4-12)11(16)17/h1-4,7-10,13-15H,5H2/p+1/t7-,8-,9-,10-/m1/s1. The van der Waals surface area contributed by atoms with Crippen LogP contribution < -0.4 is 4.57 Å². The van der Waals surface area contributed by atoms with Crippen LogP contribution in [0.3, 0.4) is 0 Å². The number of aliphatic hydroxyl groups excluding tert-OH is 3. The number of aromatic carboxylic acids is 1. The smallest absolute Gasteiger partial charge is 0.341 e. The van der Waals surface area contributed by atoms with Crippen molar-refractivity contribution in [1.82, 2.24) is 0 Å². The Labute approximate surface area is 102 Å². The Balaban J connectivity index is 2.27. The Morgan fingerprint density at radius 2 is 2.11 bits per heavy atom. The summed E-state index contributed by atoms with van der Waals surface area (Å²) < 4.78 is 6.63. The van der Waals surface area contributed by atoms with Gasteiger partial charge in [0, 0.05) is 6.07 Å². The predicted octanol–water partition coefficient (Wildman–Crippen LogP) is -1.72. The average molecular weight is 256 g/mol. The summed E-state index contributed by atoms with van der Waals surface area (Å²) in [5.74, 6) is -1.10. The maximum absolute atomic E-state index is 10.8. The third-order valence-corrected chi connectivity index (χ3v) is 2.88. The van der Waals surface area contributed by atoms with Gasteiger partial charge in [0.25, 0.3) is 6.23 Å². The zero-order valence-electron chi connectivity index (χ0n) is 9.38. The molecule has 1 aliphatic rings. The minimum atomic E-state index is -1.23. The van der Waals surface area contributed by atoms with E-state index < -0.39 is 37.1 Å². The van der Waals surface area contributed by atoms with Crippen LogP contribution in [0, 0.1) is 0 Å². The van der Waals surface area contributed by atoms with Gasteiger partial charge in [0.15, 0.2) is 18.5 Å². The molecule has 1 aromatic rings. The Hall–Kier alpha value is -1.54. The van der Waals surface area contributed by atoms with E-state index in [9.17, 15) is 15.0 Å². The molecule has 0 aromatic carbocycles. The number of hydrogen-bond acceptors (Lipinski definition) is 5. The predicted molar refractivity (Wildman–Crippen MR) is 56.6 cm³/mol. The fraction of sp³-hybridized carbons (Fsp3) is 0.455. The molecule has 4 atom stereocenters. The topological polar surface area (TPSA) is 111 Å². The number of nitrogens with zero attached hydrogens (tertiary/aromatic N) is 1. The van der Waals surface area contributed by atoms with Gasteiger partial charge >= 0.3 is 5.97 Å². The van der Waals surface area contributed by atoms with Crippen LogP contribution in [0.2, 0.25) is 0 Å². The largest absolute Gasteiger partial charge is 0.477 e. The summed E-state index contributed by atoms with van der Waals surface area (Å²) in [5, 5.41) is 37.2. The highest BCUT2D eigenvalue weighted by Gasteiger charge is 2.47. The number of aliphatic hydroxyl groups is 3. The van der Waals surface area contributed by atoms with Crippen molar-refractivity contribution in [2.24, 2.45) is 0 Å². The van der Waals surface area contributed by atoms with Crippen molar-refractivity contribution in [3.63, 3.8) is 0 Å². The first-order chi connectivity index (χ1) is 8.54. The molecule has 1 fully saturated rings. The first-order valence-corrected chi connectivity index (χ1v) is 5.41. The zero-order valence-corrected chi connectivity index (χ0v) is 9.38. The molecule has 2 heterocycles. The molecular weight excluding hydrogens is 242 g/mol. The number of carbonyl (C=O) groups is 1. The second-order valence-electron chi connectivity index (χ2n) is 4.07. The molecular formula is C11H14NO6+. The van der Waals surface area contributed by atoms with E-state index in [1.54, 1.807) is 0 Å². The van der Waals surface area contributed by atoms with Gasteiger partial charge in [-0.05, 0) is 6.07 Å². The second kappa shape index (κ2) is 4.99. The number of carboxylic acid groups (broad SMARTS) is 1. The first-order valence-electron chi connectivity index (χ1n) is 5.41. The van der Waals surface area contributed by atoms with E-state index in [4.69, 9.17) is 14.9 Å². The van der Waals surface area contributed by atoms with Gasteiger partial charge in [-0.1, -0.05) is 0 Å². The van der Waals surface area contributed by atoms with Gasteiger partial charge in [-0.3, -0.25) is 0 Å². The van der Waals surface area contributed by atoms with Crippen molar-refractivity contribution in [2.75, 3.05) is 6.61 Å².